The molecule has 2 unspecified atom stereocenters. The van der Waals surface area contributed by atoms with E-state index in [9.17, 15) is 4.57 Å². The van der Waals surface area contributed by atoms with Crippen molar-refractivity contribution in [3.8, 4) is 0 Å². The first-order chi connectivity index (χ1) is 9.90. The van der Waals surface area contributed by atoms with Gasteiger partial charge in [0.05, 0.1) is 6.10 Å². The summed E-state index contributed by atoms with van der Waals surface area (Å²) in [5.74, 6) is 0.187. The monoisotopic (exact) mass is 322 g/mol. The Kier molecular flexibility index (Phi) is 12.7. The van der Waals surface area contributed by atoms with Gasteiger partial charge in [0.15, 0.2) is 0 Å². The molecular formula is C16H35O4P. The maximum absolute atomic E-state index is 11.0. The van der Waals surface area contributed by atoms with Gasteiger partial charge in [-0.3, -0.25) is 4.52 Å². The molecule has 4 nitrogen and oxygen atoms in total. The Labute approximate surface area is 130 Å². The quantitative estimate of drug-likeness (QED) is 0.330. The van der Waals surface area contributed by atoms with Gasteiger partial charge >= 0.3 is 7.82 Å². The van der Waals surface area contributed by atoms with Crippen LogP contribution in [0, 0.1) is 5.92 Å². The first-order valence-electron chi connectivity index (χ1n) is 8.64. The highest BCUT2D eigenvalue weighted by molar-refractivity contribution is 7.46. The molecule has 0 spiro atoms. The van der Waals surface area contributed by atoms with Gasteiger partial charge in [-0.15, -0.1) is 0 Å². The van der Waals surface area contributed by atoms with E-state index >= 15 is 0 Å². The van der Waals surface area contributed by atoms with Crippen molar-refractivity contribution in [1.29, 1.82) is 0 Å². The predicted octanol–water partition coefficient (Wildman–Crippen LogP) is 5.43. The molecule has 0 aliphatic rings. The van der Waals surface area contributed by atoms with E-state index in [4.69, 9.17) is 14.3 Å². The van der Waals surface area contributed by atoms with Crippen LogP contribution in [0.2, 0.25) is 0 Å². The van der Waals surface area contributed by atoms with E-state index in [1.54, 1.807) is 0 Å². The fourth-order valence-corrected chi connectivity index (χ4v) is 3.20. The predicted molar refractivity (Wildman–Crippen MR) is 88.2 cm³/mol. The molecule has 0 amide bonds. The molecule has 0 aromatic rings. The van der Waals surface area contributed by atoms with Gasteiger partial charge < -0.3 is 9.79 Å². The van der Waals surface area contributed by atoms with Crippen LogP contribution in [0.4, 0.5) is 0 Å². The summed E-state index contributed by atoms with van der Waals surface area (Å²) < 4.78 is 15.9. The Morgan fingerprint density at radius 2 is 1.38 bits per heavy atom. The van der Waals surface area contributed by atoms with E-state index in [0.717, 1.165) is 25.7 Å². The van der Waals surface area contributed by atoms with Gasteiger partial charge in [0, 0.05) is 0 Å². The number of hydrogen-bond donors (Lipinski definition) is 2. The molecule has 0 aromatic heterocycles. The lowest BCUT2D eigenvalue weighted by Crippen LogP contribution is -2.20. The molecule has 0 aromatic carbocycles. The molecule has 0 aliphatic carbocycles. The summed E-state index contributed by atoms with van der Waals surface area (Å²) >= 11 is 0. The number of rotatable bonds is 14. The van der Waals surface area contributed by atoms with Crippen molar-refractivity contribution in [2.45, 2.75) is 97.5 Å². The second-order valence-corrected chi connectivity index (χ2v) is 7.33. The first kappa shape index (κ1) is 21.1. The molecule has 0 saturated heterocycles. The van der Waals surface area contributed by atoms with Crippen LogP contribution in [0.5, 0.6) is 0 Å². The highest BCUT2D eigenvalue weighted by Crippen LogP contribution is 2.40. The zero-order valence-electron chi connectivity index (χ0n) is 14.1. The lowest BCUT2D eigenvalue weighted by Gasteiger charge is -2.23. The van der Waals surface area contributed by atoms with Crippen LogP contribution in [0.15, 0.2) is 0 Å². The average Bonchev–Trinajstić information content (AvgIpc) is 2.42. The van der Waals surface area contributed by atoms with Gasteiger partial charge in [-0.2, -0.15) is 0 Å². The van der Waals surface area contributed by atoms with Gasteiger partial charge in [0.1, 0.15) is 0 Å². The Bertz CT molecular complexity index is 277. The minimum Gasteiger partial charge on any atom is -0.303 e. The maximum atomic E-state index is 11.0. The van der Waals surface area contributed by atoms with Crippen molar-refractivity contribution in [2.75, 3.05) is 0 Å². The lowest BCUT2D eigenvalue weighted by atomic mass is 9.96. The van der Waals surface area contributed by atoms with Crippen LogP contribution in [-0.2, 0) is 9.09 Å². The van der Waals surface area contributed by atoms with Crippen LogP contribution < -0.4 is 0 Å². The summed E-state index contributed by atoms with van der Waals surface area (Å²) in [4.78, 5) is 17.9. The van der Waals surface area contributed by atoms with Crippen molar-refractivity contribution in [3.05, 3.63) is 0 Å². The summed E-state index contributed by atoms with van der Waals surface area (Å²) in [6.07, 6.45) is 12.5. The van der Waals surface area contributed by atoms with E-state index in [-0.39, 0.29) is 12.0 Å². The van der Waals surface area contributed by atoms with Crippen LogP contribution in [0.1, 0.15) is 91.4 Å². The van der Waals surface area contributed by atoms with Crippen molar-refractivity contribution in [1.82, 2.24) is 0 Å². The Morgan fingerprint density at radius 3 is 1.81 bits per heavy atom. The molecule has 0 bridgehead atoms. The van der Waals surface area contributed by atoms with Crippen molar-refractivity contribution < 1.29 is 18.9 Å². The van der Waals surface area contributed by atoms with Gasteiger partial charge in [-0.05, 0) is 12.3 Å². The molecule has 0 heterocycles. The van der Waals surface area contributed by atoms with Crippen LogP contribution in [0.25, 0.3) is 0 Å². The van der Waals surface area contributed by atoms with Gasteiger partial charge in [-0.25, -0.2) is 4.57 Å². The van der Waals surface area contributed by atoms with Crippen molar-refractivity contribution in [3.63, 3.8) is 0 Å². The summed E-state index contributed by atoms with van der Waals surface area (Å²) in [5.41, 5.74) is 0. The fraction of sp³-hybridized carbons (Fsp3) is 1.00. The van der Waals surface area contributed by atoms with E-state index in [0.29, 0.717) is 0 Å². The molecule has 5 heteroatoms. The summed E-state index contributed by atoms with van der Waals surface area (Å²) in [6, 6.07) is 0. The molecule has 0 radical (unpaired) electrons. The molecular weight excluding hydrogens is 287 g/mol. The van der Waals surface area contributed by atoms with Crippen molar-refractivity contribution >= 4 is 7.82 Å². The summed E-state index contributed by atoms with van der Waals surface area (Å²) in [5, 5.41) is 0. The third-order valence-corrected chi connectivity index (χ3v) is 4.69. The average molecular weight is 322 g/mol. The third kappa shape index (κ3) is 13.5. The molecule has 2 N–H and O–H groups in total. The molecule has 128 valence electrons. The van der Waals surface area contributed by atoms with Crippen LogP contribution in [0.3, 0.4) is 0 Å². The van der Waals surface area contributed by atoms with Crippen molar-refractivity contribution in [2.24, 2.45) is 5.92 Å². The maximum Gasteiger partial charge on any atom is 0.469 e. The second kappa shape index (κ2) is 12.6. The molecule has 0 aliphatic heterocycles. The van der Waals surface area contributed by atoms with Gasteiger partial charge in [-0.1, -0.05) is 85.0 Å². The third-order valence-electron chi connectivity index (χ3n) is 4.14. The fourth-order valence-electron chi connectivity index (χ4n) is 2.54. The minimum absolute atomic E-state index is 0.187. The topological polar surface area (TPSA) is 66.8 Å². The smallest absolute Gasteiger partial charge is 0.303 e. The van der Waals surface area contributed by atoms with Crippen LogP contribution >= 0.6 is 7.82 Å². The molecule has 0 rings (SSSR count). The standard InChI is InChI=1S/C16H35O4P/c1-4-6-7-8-9-10-11-12-13-14-16(15(3)5-2)20-21(17,18)19/h15-16H,4-14H2,1-3H3,(H2,17,18,19). The molecule has 21 heavy (non-hydrogen) atoms. The molecule has 2 atom stereocenters. The normalized spacial score (nSPS) is 15.1. The van der Waals surface area contributed by atoms with Crippen LogP contribution in [-0.4, -0.2) is 15.9 Å². The molecule has 0 saturated carbocycles. The highest BCUT2D eigenvalue weighted by Gasteiger charge is 2.25. The minimum atomic E-state index is -4.37. The zero-order valence-corrected chi connectivity index (χ0v) is 15.0. The summed E-state index contributed by atoms with van der Waals surface area (Å²) in [7, 11) is -4.37. The number of phosphoric ester groups is 1. The zero-order chi connectivity index (χ0) is 16.1. The van der Waals surface area contributed by atoms with Gasteiger partial charge in [0.25, 0.3) is 0 Å². The second-order valence-electron chi connectivity index (χ2n) is 6.14. The van der Waals surface area contributed by atoms with E-state index < -0.39 is 7.82 Å². The number of hydrogen-bond acceptors (Lipinski definition) is 2. The highest BCUT2D eigenvalue weighted by atomic mass is 31.2. The number of unbranched alkanes of at least 4 members (excludes halogenated alkanes) is 8. The Balaban J connectivity index is 3.71. The van der Waals surface area contributed by atoms with E-state index in [2.05, 4.69) is 6.92 Å². The summed E-state index contributed by atoms with van der Waals surface area (Å²) in [6.45, 7) is 6.25. The Hall–Kier alpha value is 0.110. The first-order valence-corrected chi connectivity index (χ1v) is 10.2. The largest absolute Gasteiger partial charge is 0.469 e. The van der Waals surface area contributed by atoms with Gasteiger partial charge in [0.2, 0.25) is 0 Å². The lowest BCUT2D eigenvalue weighted by molar-refractivity contribution is 0.0838. The molecule has 0 fully saturated rings. The SMILES string of the molecule is CCCCCCCCCCCC(OP(=O)(O)O)C(C)CC. The van der Waals surface area contributed by atoms with E-state index in [1.807, 2.05) is 13.8 Å². The van der Waals surface area contributed by atoms with E-state index in [1.165, 1.54) is 44.9 Å². The Morgan fingerprint density at radius 1 is 0.905 bits per heavy atom. The number of phosphoric acid groups is 1.